The van der Waals surface area contributed by atoms with Gasteiger partial charge in [-0.2, -0.15) is 0 Å². The first-order valence-corrected chi connectivity index (χ1v) is 5.51. The van der Waals surface area contributed by atoms with E-state index in [0.717, 1.165) is 6.42 Å². The first-order valence-electron chi connectivity index (χ1n) is 5.51. The molecule has 3 heteroatoms. The van der Waals surface area contributed by atoms with E-state index >= 15 is 0 Å². The van der Waals surface area contributed by atoms with Gasteiger partial charge in [-0.05, 0) is 18.4 Å². The Hall–Kier alpha value is -1.79. The molecule has 0 radical (unpaired) electrons. The number of esters is 1. The van der Waals surface area contributed by atoms with Gasteiger partial charge in [-0.15, -0.1) is 0 Å². The van der Waals surface area contributed by atoms with Crippen LogP contribution in [0.5, 0.6) is 0 Å². The van der Waals surface area contributed by atoms with E-state index < -0.39 is 12.1 Å². The van der Waals surface area contributed by atoms with Crippen molar-refractivity contribution in [3.8, 4) is 11.8 Å². The fourth-order valence-electron chi connectivity index (χ4n) is 1.37. The van der Waals surface area contributed by atoms with Crippen LogP contribution in [-0.2, 0) is 16.0 Å². The van der Waals surface area contributed by atoms with Crippen LogP contribution >= 0.6 is 0 Å². The van der Waals surface area contributed by atoms with Crippen molar-refractivity contribution in [1.82, 2.24) is 0 Å². The zero-order valence-electron chi connectivity index (χ0n) is 9.85. The van der Waals surface area contributed by atoms with E-state index in [2.05, 4.69) is 16.6 Å². The van der Waals surface area contributed by atoms with Crippen LogP contribution in [0.3, 0.4) is 0 Å². The van der Waals surface area contributed by atoms with Gasteiger partial charge in [0.1, 0.15) is 0 Å². The number of carbonyl (C=O) groups excluding carboxylic acids is 1. The molecule has 0 bridgehead atoms. The molecule has 17 heavy (non-hydrogen) atoms. The number of ether oxygens (including phenoxy) is 1. The molecule has 0 saturated heterocycles. The van der Waals surface area contributed by atoms with Crippen molar-refractivity contribution in [3.63, 3.8) is 0 Å². The fraction of sp³-hybridized carbons (Fsp3) is 0.357. The van der Waals surface area contributed by atoms with E-state index in [1.165, 1.54) is 12.7 Å². The van der Waals surface area contributed by atoms with Crippen LogP contribution < -0.4 is 0 Å². The summed E-state index contributed by atoms with van der Waals surface area (Å²) in [5.74, 6) is 4.32. The summed E-state index contributed by atoms with van der Waals surface area (Å²) in [6, 6.07) is 9.94. The highest BCUT2D eigenvalue weighted by Gasteiger charge is 2.02. The molecular weight excluding hydrogens is 216 g/mol. The zero-order valence-corrected chi connectivity index (χ0v) is 9.85. The van der Waals surface area contributed by atoms with Crippen molar-refractivity contribution in [1.29, 1.82) is 0 Å². The Kier molecular flexibility index (Phi) is 5.84. The average Bonchev–Trinajstić information content (AvgIpc) is 2.37. The molecule has 0 aliphatic rings. The number of rotatable bonds is 4. The lowest BCUT2D eigenvalue weighted by Crippen LogP contribution is -2.07. The van der Waals surface area contributed by atoms with Gasteiger partial charge in [0.2, 0.25) is 0 Å². The van der Waals surface area contributed by atoms with Crippen molar-refractivity contribution in [2.45, 2.75) is 25.4 Å². The Balaban J connectivity index is 2.28. The van der Waals surface area contributed by atoms with Gasteiger partial charge in [0, 0.05) is 12.3 Å². The fourth-order valence-corrected chi connectivity index (χ4v) is 1.37. The first-order chi connectivity index (χ1) is 8.22. The van der Waals surface area contributed by atoms with Crippen LogP contribution in [0, 0.1) is 11.8 Å². The van der Waals surface area contributed by atoms with Gasteiger partial charge in [-0.3, -0.25) is 0 Å². The number of aryl methyl sites for hydroxylation is 1. The Morgan fingerprint density at radius 2 is 2.12 bits per heavy atom. The number of aliphatic hydroxyl groups excluding tert-OH is 1. The minimum atomic E-state index is -0.569. The number of aliphatic hydroxyl groups is 1. The second-order valence-corrected chi connectivity index (χ2v) is 3.68. The number of hydrogen-bond donors (Lipinski definition) is 1. The van der Waals surface area contributed by atoms with Gasteiger partial charge < -0.3 is 9.84 Å². The molecule has 0 aromatic heterocycles. The van der Waals surface area contributed by atoms with Crippen molar-refractivity contribution >= 4 is 5.97 Å². The third-order valence-corrected chi connectivity index (χ3v) is 2.32. The lowest BCUT2D eigenvalue weighted by molar-refractivity contribution is -0.133. The lowest BCUT2D eigenvalue weighted by atomic mass is 10.1. The maximum Gasteiger partial charge on any atom is 0.384 e. The summed E-state index contributed by atoms with van der Waals surface area (Å²) in [5, 5.41) is 9.64. The standard InChI is InChI=1S/C14H16O3/c1-17-14(16)9-5-8-13(15)11-10-12-6-3-2-4-7-12/h2-4,6-7,13,15H,8,10-11H2,1H3. The maximum absolute atomic E-state index is 10.7. The van der Waals surface area contributed by atoms with E-state index in [1.807, 2.05) is 30.3 Å². The molecule has 3 nitrogen and oxygen atoms in total. The Labute approximate surface area is 101 Å². The topological polar surface area (TPSA) is 46.5 Å². The van der Waals surface area contributed by atoms with Gasteiger partial charge in [0.25, 0.3) is 0 Å². The summed E-state index contributed by atoms with van der Waals surface area (Å²) in [4.78, 5) is 10.7. The largest absolute Gasteiger partial charge is 0.459 e. The molecule has 1 atom stereocenters. The molecule has 0 saturated carbocycles. The molecule has 0 amide bonds. The summed E-state index contributed by atoms with van der Waals surface area (Å²) in [5.41, 5.74) is 1.19. The minimum Gasteiger partial charge on any atom is -0.459 e. The second-order valence-electron chi connectivity index (χ2n) is 3.68. The molecular formula is C14H16O3. The smallest absolute Gasteiger partial charge is 0.384 e. The highest BCUT2D eigenvalue weighted by molar-refractivity contribution is 5.88. The van der Waals surface area contributed by atoms with Crippen LogP contribution in [0.15, 0.2) is 30.3 Å². The zero-order chi connectivity index (χ0) is 12.5. The van der Waals surface area contributed by atoms with E-state index in [0.29, 0.717) is 12.8 Å². The van der Waals surface area contributed by atoms with E-state index in [1.54, 1.807) is 0 Å². The third-order valence-electron chi connectivity index (χ3n) is 2.32. The predicted octanol–water partition coefficient (Wildman–Crippen LogP) is 1.55. The minimum absolute atomic E-state index is 0.294. The molecule has 0 fully saturated rings. The van der Waals surface area contributed by atoms with Gasteiger partial charge in [-0.25, -0.2) is 4.79 Å². The predicted molar refractivity (Wildman–Crippen MR) is 65.2 cm³/mol. The van der Waals surface area contributed by atoms with E-state index in [-0.39, 0.29) is 0 Å². The first kappa shape index (κ1) is 13.3. The van der Waals surface area contributed by atoms with Crippen molar-refractivity contribution in [2.24, 2.45) is 0 Å². The summed E-state index contributed by atoms with van der Waals surface area (Å²) in [6.07, 6.45) is 1.23. The molecule has 1 aromatic carbocycles. The van der Waals surface area contributed by atoms with Crippen LogP contribution in [0.4, 0.5) is 0 Å². The molecule has 1 N–H and O–H groups in total. The van der Waals surface area contributed by atoms with Gasteiger partial charge in [0.05, 0.1) is 13.2 Å². The Morgan fingerprint density at radius 1 is 1.41 bits per heavy atom. The van der Waals surface area contributed by atoms with Gasteiger partial charge in [-0.1, -0.05) is 36.3 Å². The van der Waals surface area contributed by atoms with Crippen LogP contribution in [0.25, 0.3) is 0 Å². The second kappa shape index (κ2) is 7.48. The van der Waals surface area contributed by atoms with E-state index in [4.69, 9.17) is 0 Å². The van der Waals surface area contributed by atoms with E-state index in [9.17, 15) is 9.90 Å². The highest BCUT2D eigenvalue weighted by Crippen LogP contribution is 2.06. The summed E-state index contributed by atoms with van der Waals surface area (Å²) < 4.78 is 4.37. The third kappa shape index (κ3) is 5.74. The van der Waals surface area contributed by atoms with Crippen LogP contribution in [0.2, 0.25) is 0 Å². The number of benzene rings is 1. The molecule has 1 aromatic rings. The monoisotopic (exact) mass is 232 g/mol. The molecule has 1 unspecified atom stereocenters. The number of carbonyl (C=O) groups is 1. The molecule has 90 valence electrons. The summed E-state index contributed by atoms with van der Waals surface area (Å²) >= 11 is 0. The number of hydrogen-bond acceptors (Lipinski definition) is 3. The highest BCUT2D eigenvalue weighted by atomic mass is 16.5. The van der Waals surface area contributed by atoms with Gasteiger partial charge >= 0.3 is 5.97 Å². The molecule has 0 spiro atoms. The van der Waals surface area contributed by atoms with Crippen LogP contribution in [-0.4, -0.2) is 24.3 Å². The summed E-state index contributed by atoms with van der Waals surface area (Å²) in [6.45, 7) is 0. The molecule has 0 heterocycles. The molecule has 0 aliphatic heterocycles. The molecule has 0 aliphatic carbocycles. The van der Waals surface area contributed by atoms with Crippen molar-refractivity contribution in [3.05, 3.63) is 35.9 Å². The maximum atomic E-state index is 10.7. The molecule has 1 rings (SSSR count). The summed E-state index contributed by atoms with van der Waals surface area (Å²) in [7, 11) is 1.28. The van der Waals surface area contributed by atoms with Crippen molar-refractivity contribution in [2.75, 3.05) is 7.11 Å². The Morgan fingerprint density at radius 3 is 2.76 bits per heavy atom. The Bertz CT molecular complexity index is 400. The van der Waals surface area contributed by atoms with Crippen molar-refractivity contribution < 1.29 is 14.6 Å². The normalized spacial score (nSPS) is 11.2. The van der Waals surface area contributed by atoms with Gasteiger partial charge in [0.15, 0.2) is 0 Å². The quantitative estimate of drug-likeness (QED) is 0.486. The number of methoxy groups -OCH3 is 1. The van der Waals surface area contributed by atoms with Crippen LogP contribution in [0.1, 0.15) is 18.4 Å². The lowest BCUT2D eigenvalue weighted by Gasteiger charge is -2.06. The average molecular weight is 232 g/mol. The SMILES string of the molecule is COC(=O)C#CCC(O)CCc1ccccc1.